The summed E-state index contributed by atoms with van der Waals surface area (Å²) in [6, 6.07) is 11.2. The van der Waals surface area contributed by atoms with Crippen molar-refractivity contribution < 1.29 is 13.2 Å². The van der Waals surface area contributed by atoms with Crippen molar-refractivity contribution in [3.63, 3.8) is 0 Å². The predicted octanol–water partition coefficient (Wildman–Crippen LogP) is 3.20. The van der Waals surface area contributed by atoms with Gasteiger partial charge in [-0.25, -0.2) is 17.9 Å². The monoisotopic (exact) mass is 413 g/mol. The minimum absolute atomic E-state index is 0.250. The number of urea groups is 1. The molecule has 2 amide bonds. The van der Waals surface area contributed by atoms with Gasteiger partial charge in [-0.3, -0.25) is 4.90 Å². The zero-order valence-corrected chi connectivity index (χ0v) is 17.5. The molecule has 0 spiro atoms. The van der Waals surface area contributed by atoms with Crippen LogP contribution in [-0.2, 0) is 42.3 Å². The van der Waals surface area contributed by atoms with Gasteiger partial charge in [-0.05, 0) is 73.4 Å². The van der Waals surface area contributed by atoms with Crippen LogP contribution in [0.15, 0.2) is 36.4 Å². The number of sulfonamides is 1. The van der Waals surface area contributed by atoms with Crippen molar-refractivity contribution in [3.05, 3.63) is 64.2 Å². The van der Waals surface area contributed by atoms with Gasteiger partial charge in [0.05, 0.1) is 0 Å². The van der Waals surface area contributed by atoms with Crippen LogP contribution in [0, 0.1) is 0 Å². The Bertz CT molecular complexity index is 987. The zero-order chi connectivity index (χ0) is 20.4. The number of aryl methyl sites for hydroxylation is 2. The van der Waals surface area contributed by atoms with Crippen molar-refractivity contribution in [2.45, 2.75) is 45.1 Å². The van der Waals surface area contributed by atoms with Crippen LogP contribution in [0.1, 0.15) is 40.7 Å². The molecule has 0 aliphatic heterocycles. The Morgan fingerprint density at radius 2 is 1.62 bits per heavy atom. The highest BCUT2D eigenvalue weighted by atomic mass is 32.2. The standard InChI is InChI=1S/C22H27N3O3S/c1-25(14-16-7-3-2-4-8-16)15-29(27,28)24-22(26)23-21-19-11-5-9-17(19)13-18-10-6-12-20(18)21/h2-4,7-8,13H,5-6,9-12,14-15H2,1H3,(H2,23,24,26). The number of carbonyl (C=O) groups is 1. The molecule has 7 heteroatoms. The van der Waals surface area contributed by atoms with Crippen molar-refractivity contribution in [2.75, 3.05) is 18.2 Å². The Balaban J connectivity index is 1.42. The number of nitrogens with one attached hydrogen (secondary N) is 2. The van der Waals surface area contributed by atoms with E-state index in [1.165, 1.54) is 22.3 Å². The smallest absolute Gasteiger partial charge is 0.307 e. The highest BCUT2D eigenvalue weighted by Crippen LogP contribution is 2.38. The first kappa shape index (κ1) is 19.9. The Hall–Kier alpha value is -2.38. The summed E-state index contributed by atoms with van der Waals surface area (Å²) < 4.78 is 27.2. The van der Waals surface area contributed by atoms with Crippen LogP contribution in [0.3, 0.4) is 0 Å². The molecule has 0 atom stereocenters. The average molecular weight is 414 g/mol. The van der Waals surface area contributed by atoms with E-state index in [1.54, 1.807) is 11.9 Å². The molecule has 0 unspecified atom stereocenters. The van der Waals surface area contributed by atoms with Crippen LogP contribution < -0.4 is 10.0 Å². The molecular formula is C22H27N3O3S. The van der Waals surface area contributed by atoms with Gasteiger partial charge in [0, 0.05) is 12.2 Å². The predicted molar refractivity (Wildman–Crippen MR) is 114 cm³/mol. The van der Waals surface area contributed by atoms with Gasteiger partial charge in [-0.2, -0.15) is 0 Å². The molecule has 0 saturated carbocycles. The zero-order valence-electron chi connectivity index (χ0n) is 16.7. The lowest BCUT2D eigenvalue weighted by Crippen LogP contribution is -2.40. The fourth-order valence-electron chi connectivity index (χ4n) is 4.51. The maximum absolute atomic E-state index is 12.5. The number of fused-ring (bicyclic) bond motifs is 2. The van der Waals surface area contributed by atoms with Crippen LogP contribution in [0.25, 0.3) is 0 Å². The molecule has 0 radical (unpaired) electrons. The van der Waals surface area contributed by atoms with E-state index in [0.717, 1.165) is 49.8 Å². The number of hydrogen-bond acceptors (Lipinski definition) is 4. The van der Waals surface area contributed by atoms with Crippen LogP contribution in [0.2, 0.25) is 0 Å². The normalized spacial score (nSPS) is 15.2. The summed E-state index contributed by atoms with van der Waals surface area (Å²) in [5.41, 5.74) is 6.82. The maximum atomic E-state index is 12.5. The molecule has 2 aliphatic rings. The van der Waals surface area contributed by atoms with E-state index >= 15 is 0 Å². The molecule has 0 saturated heterocycles. The molecule has 29 heavy (non-hydrogen) atoms. The van der Waals surface area contributed by atoms with E-state index in [2.05, 4.69) is 16.1 Å². The largest absolute Gasteiger partial charge is 0.332 e. The van der Waals surface area contributed by atoms with Gasteiger partial charge in [-0.15, -0.1) is 0 Å². The van der Waals surface area contributed by atoms with Gasteiger partial charge in [0.2, 0.25) is 10.0 Å². The number of hydrogen-bond donors (Lipinski definition) is 2. The minimum Gasteiger partial charge on any atom is -0.307 e. The molecule has 0 heterocycles. The molecule has 2 aliphatic carbocycles. The third-order valence-corrected chi connectivity index (χ3v) is 6.92. The van der Waals surface area contributed by atoms with Gasteiger partial charge < -0.3 is 5.32 Å². The van der Waals surface area contributed by atoms with Gasteiger partial charge in [0.25, 0.3) is 0 Å². The van der Waals surface area contributed by atoms with Crippen LogP contribution in [0.5, 0.6) is 0 Å². The van der Waals surface area contributed by atoms with Gasteiger partial charge in [0.15, 0.2) is 0 Å². The van der Waals surface area contributed by atoms with Crippen molar-refractivity contribution in [3.8, 4) is 0 Å². The maximum Gasteiger partial charge on any atom is 0.332 e. The summed E-state index contributed by atoms with van der Waals surface area (Å²) in [6.07, 6.45) is 6.09. The van der Waals surface area contributed by atoms with Crippen molar-refractivity contribution >= 4 is 21.7 Å². The Morgan fingerprint density at radius 1 is 1.00 bits per heavy atom. The van der Waals surface area contributed by atoms with Gasteiger partial charge >= 0.3 is 6.03 Å². The highest BCUT2D eigenvalue weighted by molar-refractivity contribution is 7.89. The van der Waals surface area contributed by atoms with E-state index in [-0.39, 0.29) is 5.88 Å². The summed E-state index contributed by atoms with van der Waals surface area (Å²) in [7, 11) is -2.06. The molecule has 154 valence electrons. The number of amides is 2. The molecule has 2 aromatic carbocycles. The molecule has 4 rings (SSSR count). The van der Waals surface area contributed by atoms with Gasteiger partial charge in [0.1, 0.15) is 5.88 Å². The molecule has 0 fully saturated rings. The lowest BCUT2D eigenvalue weighted by atomic mass is 9.99. The number of anilines is 1. The quantitative estimate of drug-likeness (QED) is 0.762. The van der Waals surface area contributed by atoms with E-state index in [4.69, 9.17) is 0 Å². The lowest BCUT2D eigenvalue weighted by molar-refractivity contribution is 0.256. The number of nitrogens with zero attached hydrogens (tertiary/aromatic N) is 1. The van der Waals surface area contributed by atoms with E-state index in [1.807, 2.05) is 30.3 Å². The Labute approximate surface area is 172 Å². The third kappa shape index (κ3) is 4.62. The highest BCUT2D eigenvalue weighted by Gasteiger charge is 2.26. The Morgan fingerprint density at radius 3 is 2.24 bits per heavy atom. The number of benzene rings is 2. The van der Waals surface area contributed by atoms with E-state index in [9.17, 15) is 13.2 Å². The fourth-order valence-corrected chi connectivity index (χ4v) is 5.58. The first-order valence-electron chi connectivity index (χ1n) is 10.1. The summed E-state index contributed by atoms with van der Waals surface area (Å²) >= 11 is 0. The second kappa shape index (κ2) is 8.16. The minimum atomic E-state index is -3.78. The van der Waals surface area contributed by atoms with Gasteiger partial charge in [-0.1, -0.05) is 36.4 Å². The van der Waals surface area contributed by atoms with Crippen LogP contribution >= 0.6 is 0 Å². The molecule has 2 N–H and O–H groups in total. The molecule has 2 aromatic rings. The van der Waals surface area contributed by atoms with Crippen molar-refractivity contribution in [1.29, 1.82) is 0 Å². The van der Waals surface area contributed by atoms with Crippen LogP contribution in [0.4, 0.5) is 10.5 Å². The van der Waals surface area contributed by atoms with Crippen molar-refractivity contribution in [2.24, 2.45) is 0 Å². The topological polar surface area (TPSA) is 78.5 Å². The fraction of sp³-hybridized carbons (Fsp3) is 0.409. The van der Waals surface area contributed by atoms with E-state index in [0.29, 0.717) is 6.54 Å². The van der Waals surface area contributed by atoms with Crippen LogP contribution in [-0.4, -0.2) is 32.3 Å². The lowest BCUT2D eigenvalue weighted by Gasteiger charge is -2.19. The summed E-state index contributed by atoms with van der Waals surface area (Å²) in [5, 5.41) is 2.87. The molecular weight excluding hydrogens is 386 g/mol. The average Bonchev–Trinajstić information content (AvgIpc) is 3.30. The second-order valence-electron chi connectivity index (χ2n) is 8.03. The Kier molecular flexibility index (Phi) is 5.61. The number of carbonyl (C=O) groups excluding carboxylic acids is 1. The molecule has 0 aromatic heterocycles. The first-order valence-corrected chi connectivity index (χ1v) is 11.8. The van der Waals surface area contributed by atoms with E-state index < -0.39 is 16.1 Å². The SMILES string of the molecule is CN(Cc1ccccc1)CS(=O)(=O)NC(=O)Nc1c2c(cc3c1CCC3)CCC2. The van der Waals surface area contributed by atoms with Crippen molar-refractivity contribution in [1.82, 2.24) is 9.62 Å². The summed E-state index contributed by atoms with van der Waals surface area (Å²) in [4.78, 5) is 14.2. The molecule has 6 nitrogen and oxygen atoms in total. The molecule has 0 bridgehead atoms. The second-order valence-corrected chi connectivity index (χ2v) is 9.73. The third-order valence-electron chi connectivity index (χ3n) is 5.65. The summed E-state index contributed by atoms with van der Waals surface area (Å²) in [5.74, 6) is -0.250. The number of rotatable bonds is 6. The summed E-state index contributed by atoms with van der Waals surface area (Å²) in [6.45, 7) is 0.489. The first-order chi connectivity index (χ1) is 13.9.